The number of aromatic nitrogens is 4. The van der Waals surface area contributed by atoms with Gasteiger partial charge in [0.25, 0.3) is 5.56 Å². The van der Waals surface area contributed by atoms with Crippen LogP contribution >= 0.6 is 11.6 Å². The first-order valence-electron chi connectivity index (χ1n) is 11.8. The predicted octanol–water partition coefficient (Wildman–Crippen LogP) is 3.49. The van der Waals surface area contributed by atoms with Crippen molar-refractivity contribution in [1.29, 1.82) is 0 Å². The van der Waals surface area contributed by atoms with E-state index in [1.165, 1.54) is 11.1 Å². The van der Waals surface area contributed by atoms with Gasteiger partial charge in [-0.2, -0.15) is 9.55 Å². The van der Waals surface area contributed by atoms with Gasteiger partial charge in [-0.25, -0.2) is 9.59 Å². The zero-order valence-corrected chi connectivity index (χ0v) is 21.3. The van der Waals surface area contributed by atoms with Gasteiger partial charge in [0.15, 0.2) is 11.2 Å². The maximum Gasteiger partial charge on any atom is 0.421 e. The van der Waals surface area contributed by atoms with Crippen LogP contribution in [0.1, 0.15) is 30.1 Å². The van der Waals surface area contributed by atoms with Crippen LogP contribution in [0.2, 0.25) is 5.28 Å². The van der Waals surface area contributed by atoms with E-state index in [-0.39, 0.29) is 22.6 Å². The van der Waals surface area contributed by atoms with Gasteiger partial charge >= 0.3 is 11.8 Å². The summed E-state index contributed by atoms with van der Waals surface area (Å²) >= 11 is 5.51. The molecule has 0 saturated carbocycles. The van der Waals surface area contributed by atoms with E-state index in [9.17, 15) is 14.4 Å². The molecule has 3 heterocycles. The van der Waals surface area contributed by atoms with Crippen LogP contribution < -0.4 is 11.2 Å². The van der Waals surface area contributed by atoms with Crippen LogP contribution in [-0.2, 0) is 11.8 Å². The van der Waals surface area contributed by atoms with Gasteiger partial charge in [0.05, 0.1) is 6.10 Å². The minimum absolute atomic E-state index is 0.0424. The molecule has 194 valence electrons. The number of nitrogens with zero attached hydrogens (tertiary/aromatic N) is 4. The smallest absolute Gasteiger partial charge is 0.421 e. The van der Waals surface area contributed by atoms with Gasteiger partial charge in [-0.3, -0.25) is 9.36 Å². The fraction of sp³-hybridized carbons (Fsp3) is 0.308. The summed E-state index contributed by atoms with van der Waals surface area (Å²) in [5.41, 5.74) is 0.371. The maximum absolute atomic E-state index is 11.6. The number of hydrogen-bond acceptors (Lipinski definition) is 6. The molecule has 5 rings (SSSR count). The summed E-state index contributed by atoms with van der Waals surface area (Å²) in [6.45, 7) is 2.25. The van der Waals surface area contributed by atoms with Gasteiger partial charge in [-0.1, -0.05) is 60.7 Å². The Hall–Kier alpha value is -3.73. The first kappa shape index (κ1) is 26.3. The molecule has 37 heavy (non-hydrogen) atoms. The van der Waals surface area contributed by atoms with Gasteiger partial charge in [0, 0.05) is 20.1 Å². The minimum Gasteiger partial charge on any atom is -0.464 e. The molecule has 11 heteroatoms. The van der Waals surface area contributed by atoms with Crippen LogP contribution in [-0.4, -0.2) is 61.4 Å². The van der Waals surface area contributed by atoms with E-state index in [0.29, 0.717) is 15.2 Å². The number of nitrogens with one attached hydrogen (secondary N) is 1. The third-order valence-corrected chi connectivity index (χ3v) is 6.43. The van der Waals surface area contributed by atoms with Crippen LogP contribution in [0.3, 0.4) is 0 Å². The first-order valence-corrected chi connectivity index (χ1v) is 12.2. The fourth-order valence-electron chi connectivity index (χ4n) is 4.23. The zero-order valence-electron chi connectivity index (χ0n) is 20.5. The van der Waals surface area contributed by atoms with Crippen molar-refractivity contribution in [2.45, 2.75) is 25.0 Å². The first-order chi connectivity index (χ1) is 17.8. The van der Waals surface area contributed by atoms with Crippen molar-refractivity contribution in [3.63, 3.8) is 0 Å². The second-order valence-electron chi connectivity index (χ2n) is 8.83. The molecule has 1 fully saturated rings. The number of hydrogen-bond donors (Lipinski definition) is 2. The minimum atomic E-state index is -1.53. The van der Waals surface area contributed by atoms with Crippen molar-refractivity contribution in [2.24, 2.45) is 7.05 Å². The average molecular weight is 526 g/mol. The number of halogens is 1. The number of imidazole rings is 1. The molecule has 0 bridgehead atoms. The van der Waals surface area contributed by atoms with Crippen molar-refractivity contribution in [3.8, 4) is 0 Å². The van der Waals surface area contributed by atoms with Crippen molar-refractivity contribution in [2.75, 3.05) is 20.1 Å². The molecule has 1 saturated heterocycles. The summed E-state index contributed by atoms with van der Waals surface area (Å²) in [6.07, 6.45) is 1.10. The van der Waals surface area contributed by atoms with Gasteiger partial charge in [0.2, 0.25) is 5.28 Å². The molecule has 0 unspecified atom stereocenters. The summed E-state index contributed by atoms with van der Waals surface area (Å²) in [4.78, 5) is 42.3. The van der Waals surface area contributed by atoms with E-state index in [2.05, 4.69) is 82.6 Å². The molecule has 10 nitrogen and oxygen atoms in total. The fourth-order valence-corrected chi connectivity index (χ4v) is 4.41. The molecule has 0 aliphatic carbocycles. The van der Waals surface area contributed by atoms with E-state index in [0.717, 1.165) is 33.0 Å². The van der Waals surface area contributed by atoms with Crippen LogP contribution in [0, 0.1) is 0 Å². The largest absolute Gasteiger partial charge is 0.464 e. The Morgan fingerprint density at radius 3 is 2.08 bits per heavy atom. The van der Waals surface area contributed by atoms with Gasteiger partial charge in [-0.15, -0.1) is 0 Å². The lowest BCUT2D eigenvalue weighted by molar-refractivity contribution is -0.0234. The molecule has 2 N–H and O–H groups in total. The number of rotatable bonds is 4. The van der Waals surface area contributed by atoms with E-state index < -0.39 is 17.3 Å². The Kier molecular flexibility index (Phi) is 8.22. The third kappa shape index (κ3) is 5.99. The number of fused-ring (bicyclic) bond motifs is 1. The quantitative estimate of drug-likeness (QED) is 0.391. The lowest BCUT2D eigenvalue weighted by Crippen LogP contribution is -2.40. The number of aromatic amines is 1. The monoisotopic (exact) mass is 525 g/mol. The zero-order chi connectivity index (χ0) is 26.5. The summed E-state index contributed by atoms with van der Waals surface area (Å²) in [5, 5.41) is 8.68. The number of piperidine rings is 1. The number of ether oxygens (including phenoxy) is 1. The lowest BCUT2D eigenvalue weighted by Gasteiger charge is -2.32. The van der Waals surface area contributed by atoms with Crippen molar-refractivity contribution in [3.05, 3.63) is 97.9 Å². The second kappa shape index (κ2) is 11.5. The normalized spacial score (nSPS) is 14.5. The average Bonchev–Trinajstić information content (AvgIpc) is 3.29. The molecule has 4 aromatic rings. The molecule has 0 amide bonds. The number of carbonyl (C=O) groups is 1. The van der Waals surface area contributed by atoms with E-state index in [1.54, 1.807) is 0 Å². The molecule has 1 aliphatic heterocycles. The Morgan fingerprint density at radius 1 is 1.03 bits per heavy atom. The molecular weight excluding hydrogens is 498 g/mol. The van der Waals surface area contributed by atoms with Crippen LogP contribution in [0.25, 0.3) is 11.2 Å². The topological polar surface area (TPSA) is 122 Å². The predicted molar refractivity (Wildman–Crippen MR) is 140 cm³/mol. The lowest BCUT2D eigenvalue weighted by atomic mass is 10.00. The summed E-state index contributed by atoms with van der Waals surface area (Å²) in [7, 11) is 3.35. The van der Waals surface area contributed by atoms with E-state index in [4.69, 9.17) is 21.4 Å². The summed E-state index contributed by atoms with van der Waals surface area (Å²) in [5.74, 6) is 0. The van der Waals surface area contributed by atoms with Gasteiger partial charge in [0.1, 0.15) is 6.10 Å². The Bertz CT molecular complexity index is 1440. The molecular formula is C26H28ClN5O5. The molecule has 2 aromatic heterocycles. The van der Waals surface area contributed by atoms with E-state index in [1.807, 2.05) is 0 Å². The molecule has 0 atom stereocenters. The number of H-pyrrole nitrogens is 1. The highest BCUT2D eigenvalue weighted by atomic mass is 35.5. The second-order valence-corrected chi connectivity index (χ2v) is 9.19. The van der Waals surface area contributed by atoms with Gasteiger partial charge in [-0.05, 0) is 42.6 Å². The van der Waals surface area contributed by atoms with Crippen molar-refractivity contribution < 1.29 is 14.6 Å². The van der Waals surface area contributed by atoms with Crippen molar-refractivity contribution in [1.82, 2.24) is 24.0 Å². The Morgan fingerprint density at radius 2 is 1.57 bits per heavy atom. The highest BCUT2D eigenvalue weighted by Crippen LogP contribution is 2.29. The summed E-state index contributed by atoms with van der Waals surface area (Å²) in [6, 6.07) is 21.1. The number of benzene rings is 2. The van der Waals surface area contributed by atoms with Crippen LogP contribution in [0.4, 0.5) is 4.79 Å². The van der Waals surface area contributed by atoms with Crippen LogP contribution in [0.5, 0.6) is 0 Å². The molecule has 1 aliphatic rings. The highest BCUT2D eigenvalue weighted by Gasteiger charge is 2.23. The highest BCUT2D eigenvalue weighted by molar-refractivity contribution is 6.29. The molecule has 0 radical (unpaired) electrons. The number of likely N-dealkylation sites (tertiary alicyclic amines) is 1. The SMILES string of the molecule is CN1CCC(OC(c2ccccc2)c2ccccc2)CC1.Cn1c(=O)c2[nH]c(Cl)nc2n(C(=O)O)c1=O. The molecule has 2 aromatic carbocycles. The molecule has 0 spiro atoms. The third-order valence-electron chi connectivity index (χ3n) is 6.25. The standard InChI is InChI=1S/C19H23NO.C7H5ClN4O4/c1-20-14-12-18(13-15-20)21-19(16-8-4-2-5-9-16)17-10-6-3-7-11-17;1-11-4(13)2-3(10-5(8)9-2)12(6(11)14)7(15)16/h2-11,18-19H,12-15H2,1H3;1H3,(H,9,10)(H,15,16). The van der Waals surface area contributed by atoms with Crippen molar-refractivity contribution >= 4 is 28.9 Å². The maximum atomic E-state index is 11.6. The Balaban J connectivity index is 0.000000180. The number of carboxylic acid groups (broad SMARTS) is 1. The summed E-state index contributed by atoms with van der Waals surface area (Å²) < 4.78 is 7.49. The van der Waals surface area contributed by atoms with E-state index >= 15 is 0 Å². The van der Waals surface area contributed by atoms with Crippen LogP contribution in [0.15, 0.2) is 70.3 Å². The van der Waals surface area contributed by atoms with Gasteiger partial charge < -0.3 is 19.7 Å². The Labute approximate surface area is 217 Å².